The number of nitrogens with zero attached hydrogens (tertiary/aromatic N) is 1. The Morgan fingerprint density at radius 2 is 1.82 bits per heavy atom. The number of aromatic nitrogens is 1. The summed E-state index contributed by atoms with van der Waals surface area (Å²) in [6, 6.07) is 3.32. The average molecular weight is 347 g/mol. The van der Waals surface area contributed by atoms with Crippen LogP contribution in [0.1, 0.15) is 16.8 Å². The summed E-state index contributed by atoms with van der Waals surface area (Å²) in [5.74, 6) is 0. The second-order valence-electron chi connectivity index (χ2n) is 3.45. The van der Waals surface area contributed by atoms with Crippen LogP contribution in [0.2, 0.25) is 0 Å². The zero-order valence-electron chi connectivity index (χ0n) is 8.35. The van der Waals surface area contributed by atoms with E-state index in [0.717, 1.165) is 12.1 Å². The first kappa shape index (κ1) is 12.6. The van der Waals surface area contributed by atoms with E-state index in [1.54, 1.807) is 0 Å². The van der Waals surface area contributed by atoms with E-state index in [1.165, 1.54) is 6.07 Å². The molecule has 0 aliphatic rings. The number of benzene rings is 1. The van der Waals surface area contributed by atoms with Crippen molar-refractivity contribution in [1.82, 2.24) is 4.98 Å². The van der Waals surface area contributed by atoms with E-state index in [4.69, 9.17) is 13.8 Å². The number of pyridine rings is 1. The van der Waals surface area contributed by atoms with Gasteiger partial charge in [0.1, 0.15) is 0 Å². The summed E-state index contributed by atoms with van der Waals surface area (Å²) in [4.78, 5) is 3.86. The second kappa shape index (κ2) is 4.12. The molecule has 0 bridgehead atoms. The van der Waals surface area contributed by atoms with Gasteiger partial charge in [0.25, 0.3) is 0 Å². The van der Waals surface area contributed by atoms with E-state index in [2.05, 4.69) is 4.98 Å². The molecule has 1 aromatic carbocycles. The van der Waals surface area contributed by atoms with Crippen LogP contribution in [0.25, 0.3) is 10.9 Å². The number of alkyl halides is 3. The Hall–Kier alpha value is -0.850. The van der Waals surface area contributed by atoms with Gasteiger partial charge in [0.2, 0.25) is 0 Å². The molecule has 0 saturated carbocycles. The lowest BCUT2D eigenvalue weighted by Gasteiger charge is -2.10. The van der Waals surface area contributed by atoms with E-state index in [9.17, 15) is 13.2 Å². The van der Waals surface area contributed by atoms with Crippen LogP contribution in [0.3, 0.4) is 0 Å². The number of fused-ring (bicyclic) bond motifs is 1. The Kier molecular flexibility index (Phi) is 3.05. The highest BCUT2D eigenvalue weighted by Crippen LogP contribution is 2.32. The van der Waals surface area contributed by atoms with E-state index >= 15 is 0 Å². The Balaban J connectivity index is 2.76. The smallest absolute Gasteiger partial charge is 0.252 e. The first-order valence-corrected chi connectivity index (χ1v) is 5.60. The molecule has 1 nitrogen and oxygen atoms in total. The third kappa shape index (κ3) is 2.25. The molecule has 5 heteroatoms. The van der Waals surface area contributed by atoms with Gasteiger partial charge in [-0.05, 0) is 40.3 Å². The van der Waals surface area contributed by atoms with Gasteiger partial charge in [-0.1, -0.05) is 6.07 Å². The van der Waals surface area contributed by atoms with Gasteiger partial charge >= 0.3 is 6.18 Å². The van der Waals surface area contributed by atoms with Gasteiger partial charge in [-0.15, -0.1) is 0 Å². The van der Waals surface area contributed by atoms with Crippen molar-refractivity contribution in [3.05, 3.63) is 52.4 Å². The second-order valence-corrected chi connectivity index (χ2v) is 4.53. The first-order chi connectivity index (χ1) is 7.80. The molecule has 1 heterocycles. The fourth-order valence-electron chi connectivity index (χ4n) is 1.43. The van der Waals surface area contributed by atoms with Crippen LogP contribution in [0.4, 0.5) is 13.2 Å². The van der Waals surface area contributed by atoms with Crippen molar-refractivity contribution >= 4 is 33.5 Å². The molecule has 0 aliphatic heterocycles. The van der Waals surface area contributed by atoms with Crippen molar-refractivity contribution in [3.63, 3.8) is 0 Å². The highest BCUT2D eigenvalue weighted by Gasteiger charge is 2.30. The minimum atomic E-state index is -4.39. The Morgan fingerprint density at radius 1 is 1.18 bits per heavy atom. The quantitative estimate of drug-likeness (QED) is 0.657. The molecule has 2 rings (SSSR count). The molecule has 4 radical (unpaired) electrons. The predicted octanol–water partition coefficient (Wildman–Crippen LogP) is 3.98. The summed E-state index contributed by atoms with van der Waals surface area (Å²) in [6.07, 6.45) is -4.39. The SMILES string of the molecule is [CH]c1nc2cc(C(F)(F)F)ccc2c(I)c1[CH]. The fraction of sp³-hybridized carbons (Fsp3) is 0.0833. The predicted molar refractivity (Wildman–Crippen MR) is 66.3 cm³/mol. The zero-order valence-corrected chi connectivity index (χ0v) is 10.5. The lowest BCUT2D eigenvalue weighted by molar-refractivity contribution is -0.137. The van der Waals surface area contributed by atoms with Crippen molar-refractivity contribution in [2.45, 2.75) is 6.18 Å². The summed E-state index contributed by atoms with van der Waals surface area (Å²) in [5, 5.41) is 0.560. The van der Waals surface area contributed by atoms with Crippen molar-refractivity contribution in [1.29, 1.82) is 0 Å². The molecule has 1 aromatic heterocycles. The van der Waals surface area contributed by atoms with Crippen LogP contribution < -0.4 is 0 Å². The molecule has 2 aromatic rings. The van der Waals surface area contributed by atoms with Crippen LogP contribution in [-0.2, 0) is 6.18 Å². The van der Waals surface area contributed by atoms with E-state index in [-0.39, 0.29) is 16.8 Å². The first-order valence-electron chi connectivity index (χ1n) is 4.52. The van der Waals surface area contributed by atoms with Crippen molar-refractivity contribution < 1.29 is 13.2 Å². The summed E-state index contributed by atoms with van der Waals surface area (Å²) in [5.41, 5.74) is -0.229. The maximum absolute atomic E-state index is 12.5. The highest BCUT2D eigenvalue weighted by molar-refractivity contribution is 14.1. The molecule has 0 spiro atoms. The maximum Gasteiger partial charge on any atom is 0.416 e. The van der Waals surface area contributed by atoms with Crippen LogP contribution in [0.5, 0.6) is 0 Å². The minimum Gasteiger partial charge on any atom is -0.252 e. The lowest BCUT2D eigenvalue weighted by Crippen LogP contribution is -2.05. The number of hydrogen-bond donors (Lipinski definition) is 0. The topological polar surface area (TPSA) is 12.9 Å². The lowest BCUT2D eigenvalue weighted by atomic mass is 10.1. The molecular formula is C12H5F3IN. The van der Waals surface area contributed by atoms with Gasteiger partial charge < -0.3 is 0 Å². The Bertz CT molecular complexity index is 590. The zero-order chi connectivity index (χ0) is 12.8. The normalized spacial score (nSPS) is 12.1. The van der Waals surface area contributed by atoms with Crippen LogP contribution in [0, 0.1) is 17.4 Å². The van der Waals surface area contributed by atoms with Crippen molar-refractivity contribution in [2.75, 3.05) is 0 Å². The van der Waals surface area contributed by atoms with Crippen LogP contribution in [0.15, 0.2) is 18.2 Å². The van der Waals surface area contributed by atoms with E-state index < -0.39 is 11.7 Å². The Morgan fingerprint density at radius 3 is 2.41 bits per heavy atom. The molecule has 17 heavy (non-hydrogen) atoms. The highest BCUT2D eigenvalue weighted by atomic mass is 127. The number of hydrogen-bond acceptors (Lipinski definition) is 1. The van der Waals surface area contributed by atoms with Crippen LogP contribution >= 0.6 is 22.6 Å². The van der Waals surface area contributed by atoms with Gasteiger partial charge in [-0.2, -0.15) is 13.2 Å². The molecule has 0 saturated heterocycles. The monoisotopic (exact) mass is 347 g/mol. The van der Waals surface area contributed by atoms with Gasteiger partial charge in [-0.3, -0.25) is 4.98 Å². The molecular weight excluding hydrogens is 342 g/mol. The molecule has 0 N–H and O–H groups in total. The van der Waals surface area contributed by atoms with E-state index in [1.807, 2.05) is 22.6 Å². The largest absolute Gasteiger partial charge is 0.416 e. The van der Waals surface area contributed by atoms with Gasteiger partial charge in [-0.25, -0.2) is 0 Å². The van der Waals surface area contributed by atoms with Crippen LogP contribution in [-0.4, -0.2) is 4.98 Å². The Labute approximate surface area is 110 Å². The molecule has 0 aliphatic carbocycles. The van der Waals surface area contributed by atoms with Crippen molar-refractivity contribution in [3.8, 4) is 0 Å². The average Bonchev–Trinajstić information content (AvgIpc) is 2.24. The molecule has 0 atom stereocenters. The van der Waals surface area contributed by atoms with Gasteiger partial charge in [0.15, 0.2) is 0 Å². The molecule has 86 valence electrons. The molecule has 0 amide bonds. The van der Waals surface area contributed by atoms with Crippen molar-refractivity contribution in [2.24, 2.45) is 0 Å². The minimum absolute atomic E-state index is 0.0428. The summed E-state index contributed by atoms with van der Waals surface area (Å²) < 4.78 is 38.1. The van der Waals surface area contributed by atoms with E-state index in [0.29, 0.717) is 8.96 Å². The van der Waals surface area contributed by atoms with Gasteiger partial charge in [0, 0.05) is 22.8 Å². The fourth-order valence-corrected chi connectivity index (χ4v) is 2.17. The molecule has 0 unspecified atom stereocenters. The van der Waals surface area contributed by atoms with Gasteiger partial charge in [0.05, 0.1) is 16.8 Å². The number of rotatable bonds is 0. The third-order valence-corrected chi connectivity index (χ3v) is 3.48. The maximum atomic E-state index is 12.5. The standard InChI is InChI=1S/C12H5F3IN/c1-6-7(2)17-10-5-8(12(13,14)15)3-4-9(10)11(6)16/h1-5H. The summed E-state index contributed by atoms with van der Waals surface area (Å²) >= 11 is 1.93. The number of halogens is 4. The summed E-state index contributed by atoms with van der Waals surface area (Å²) in [6.45, 7) is 11.2. The molecule has 0 fully saturated rings. The summed E-state index contributed by atoms with van der Waals surface area (Å²) in [7, 11) is 0. The third-order valence-electron chi connectivity index (χ3n) is 2.31.